The first-order valence-electron chi connectivity index (χ1n) is 6.00. The average molecular weight is 317 g/mol. The van der Waals surface area contributed by atoms with E-state index in [9.17, 15) is 0 Å². The summed E-state index contributed by atoms with van der Waals surface area (Å²) in [6.45, 7) is 2.47. The lowest BCUT2D eigenvalue weighted by Gasteiger charge is -2.05. The predicted molar refractivity (Wildman–Crippen MR) is 79.7 cm³/mol. The molecule has 0 radical (unpaired) electrons. The molecule has 0 amide bonds. The quantitative estimate of drug-likeness (QED) is 0.763. The van der Waals surface area contributed by atoms with Crippen LogP contribution in [0.1, 0.15) is 11.3 Å². The number of aryl methyl sites for hydroxylation is 1. The van der Waals surface area contributed by atoms with E-state index in [1.54, 1.807) is 0 Å². The number of hydrogen-bond acceptors (Lipinski definition) is 3. The van der Waals surface area contributed by atoms with Crippen molar-refractivity contribution in [2.75, 3.05) is 0 Å². The molecule has 3 N–H and O–H groups in total. The zero-order valence-electron chi connectivity index (χ0n) is 10.4. The maximum Gasteiger partial charge on any atom is 0.162 e. The summed E-state index contributed by atoms with van der Waals surface area (Å²) in [6.07, 6.45) is 1.90. The maximum absolute atomic E-state index is 5.72. The van der Waals surface area contributed by atoms with Gasteiger partial charge in [-0.1, -0.05) is 34.1 Å². The van der Waals surface area contributed by atoms with Crippen molar-refractivity contribution in [1.29, 1.82) is 0 Å². The molecule has 0 saturated heterocycles. The second-order valence-corrected chi connectivity index (χ2v) is 5.21. The number of aromatic amines is 1. The van der Waals surface area contributed by atoms with Crippen molar-refractivity contribution in [3.05, 3.63) is 46.2 Å². The van der Waals surface area contributed by atoms with Crippen molar-refractivity contribution in [1.82, 2.24) is 15.0 Å². The third kappa shape index (κ3) is 2.05. The van der Waals surface area contributed by atoms with Crippen LogP contribution < -0.4 is 5.73 Å². The van der Waals surface area contributed by atoms with E-state index in [4.69, 9.17) is 5.73 Å². The molecule has 0 atom stereocenters. The van der Waals surface area contributed by atoms with Crippen LogP contribution in [0.2, 0.25) is 0 Å². The first-order chi connectivity index (χ1) is 9.20. The molecule has 96 valence electrons. The Morgan fingerprint density at radius 1 is 1.26 bits per heavy atom. The molecule has 3 aromatic rings. The number of aromatic nitrogens is 3. The van der Waals surface area contributed by atoms with E-state index >= 15 is 0 Å². The maximum atomic E-state index is 5.72. The number of H-pyrrole nitrogens is 1. The molecule has 3 rings (SSSR count). The Morgan fingerprint density at radius 3 is 2.79 bits per heavy atom. The Balaban J connectivity index is 2.25. The summed E-state index contributed by atoms with van der Waals surface area (Å²) < 4.78 is 0.986. The van der Waals surface area contributed by atoms with Gasteiger partial charge in [-0.3, -0.25) is 0 Å². The minimum atomic E-state index is 0.485. The van der Waals surface area contributed by atoms with Crippen molar-refractivity contribution in [3.8, 4) is 11.4 Å². The number of hydrogen-bond donors (Lipinski definition) is 2. The Kier molecular flexibility index (Phi) is 3.08. The fourth-order valence-corrected chi connectivity index (χ4v) is 2.68. The monoisotopic (exact) mass is 316 g/mol. The smallest absolute Gasteiger partial charge is 0.162 e. The Hall–Kier alpha value is -1.72. The van der Waals surface area contributed by atoms with E-state index in [1.807, 2.05) is 37.4 Å². The Morgan fingerprint density at radius 2 is 2.05 bits per heavy atom. The average Bonchev–Trinajstić information content (AvgIpc) is 2.82. The number of rotatable bonds is 2. The highest BCUT2D eigenvalue weighted by atomic mass is 79.9. The Labute approximate surface area is 119 Å². The van der Waals surface area contributed by atoms with Gasteiger partial charge in [0, 0.05) is 28.2 Å². The number of nitrogens with one attached hydrogen (secondary N) is 1. The third-order valence-corrected chi connectivity index (χ3v) is 3.82. The van der Waals surface area contributed by atoms with Crippen molar-refractivity contribution in [2.24, 2.45) is 5.73 Å². The van der Waals surface area contributed by atoms with Gasteiger partial charge >= 0.3 is 0 Å². The van der Waals surface area contributed by atoms with Gasteiger partial charge in [0.15, 0.2) is 5.82 Å². The van der Waals surface area contributed by atoms with E-state index in [1.165, 1.54) is 0 Å². The fourth-order valence-electron chi connectivity index (χ4n) is 2.21. The molecule has 19 heavy (non-hydrogen) atoms. The van der Waals surface area contributed by atoms with Crippen LogP contribution in [0.3, 0.4) is 0 Å². The molecule has 4 nitrogen and oxygen atoms in total. The van der Waals surface area contributed by atoms with Crippen LogP contribution >= 0.6 is 15.9 Å². The molecular formula is C14H13BrN4. The molecule has 0 fully saturated rings. The molecule has 5 heteroatoms. The molecule has 0 aliphatic rings. The van der Waals surface area contributed by atoms with Crippen LogP contribution in [0.5, 0.6) is 0 Å². The van der Waals surface area contributed by atoms with E-state index < -0.39 is 0 Å². The van der Waals surface area contributed by atoms with Crippen molar-refractivity contribution in [3.63, 3.8) is 0 Å². The number of benzene rings is 1. The lowest BCUT2D eigenvalue weighted by Crippen LogP contribution is -1.98. The van der Waals surface area contributed by atoms with Crippen LogP contribution in [-0.2, 0) is 6.54 Å². The molecule has 0 spiro atoms. The van der Waals surface area contributed by atoms with E-state index in [-0.39, 0.29) is 0 Å². The van der Waals surface area contributed by atoms with Gasteiger partial charge < -0.3 is 10.7 Å². The van der Waals surface area contributed by atoms with Crippen molar-refractivity contribution < 1.29 is 0 Å². The first-order valence-corrected chi connectivity index (χ1v) is 6.79. The predicted octanol–water partition coefficient (Wildman–Crippen LogP) is 3.15. The highest BCUT2D eigenvalue weighted by molar-refractivity contribution is 9.10. The molecule has 0 unspecified atom stereocenters. The molecule has 0 aliphatic heterocycles. The van der Waals surface area contributed by atoms with Gasteiger partial charge in [0.05, 0.1) is 5.69 Å². The van der Waals surface area contributed by atoms with Gasteiger partial charge in [0.25, 0.3) is 0 Å². The normalized spacial score (nSPS) is 11.1. The summed E-state index contributed by atoms with van der Waals surface area (Å²) in [7, 11) is 0. The summed E-state index contributed by atoms with van der Waals surface area (Å²) in [4.78, 5) is 12.3. The number of nitrogens with two attached hydrogens (primary N) is 1. The zero-order chi connectivity index (χ0) is 13.4. The van der Waals surface area contributed by atoms with Gasteiger partial charge in [-0.15, -0.1) is 0 Å². The van der Waals surface area contributed by atoms with Crippen LogP contribution in [0.4, 0.5) is 0 Å². The Bertz CT molecular complexity index is 748. The minimum absolute atomic E-state index is 0.485. The summed E-state index contributed by atoms with van der Waals surface area (Å²) >= 11 is 3.53. The fraction of sp³-hybridized carbons (Fsp3) is 0.143. The van der Waals surface area contributed by atoms with E-state index in [0.717, 1.165) is 32.3 Å². The zero-order valence-corrected chi connectivity index (χ0v) is 12.0. The number of nitrogens with zero attached hydrogens (tertiary/aromatic N) is 2. The minimum Gasteiger partial charge on any atom is -0.346 e. The van der Waals surface area contributed by atoms with E-state index in [2.05, 4.69) is 30.9 Å². The second-order valence-electron chi connectivity index (χ2n) is 4.35. The van der Waals surface area contributed by atoms with Gasteiger partial charge in [-0.2, -0.15) is 0 Å². The van der Waals surface area contributed by atoms with Crippen molar-refractivity contribution >= 4 is 27.0 Å². The van der Waals surface area contributed by atoms with Crippen LogP contribution in [0.25, 0.3) is 22.4 Å². The molecule has 2 heterocycles. The second kappa shape index (κ2) is 4.75. The van der Waals surface area contributed by atoms with Gasteiger partial charge in [0.2, 0.25) is 0 Å². The van der Waals surface area contributed by atoms with Crippen molar-refractivity contribution in [2.45, 2.75) is 13.5 Å². The largest absolute Gasteiger partial charge is 0.346 e. The molecular weight excluding hydrogens is 304 g/mol. The highest BCUT2D eigenvalue weighted by Crippen LogP contribution is 2.28. The van der Waals surface area contributed by atoms with Crippen LogP contribution in [-0.4, -0.2) is 15.0 Å². The molecule has 0 aliphatic carbocycles. The third-order valence-electron chi connectivity index (χ3n) is 3.13. The molecule has 1 aromatic carbocycles. The number of halogens is 1. The summed E-state index contributed by atoms with van der Waals surface area (Å²) in [5.74, 6) is 0.711. The SMILES string of the molecule is Cc1nc(-c2ccccc2Br)nc2[nH]cc(CN)c12. The lowest BCUT2D eigenvalue weighted by atomic mass is 10.1. The standard InChI is InChI=1S/C14H13BrN4/c1-8-12-9(6-16)7-17-14(12)19-13(18-8)10-4-2-3-5-11(10)15/h2-5,7H,6,16H2,1H3,(H,17,18,19). The molecule has 0 saturated carbocycles. The lowest BCUT2D eigenvalue weighted by molar-refractivity contribution is 1.08. The van der Waals surface area contributed by atoms with Gasteiger partial charge in [-0.05, 0) is 18.6 Å². The highest BCUT2D eigenvalue weighted by Gasteiger charge is 2.12. The number of fused-ring (bicyclic) bond motifs is 1. The molecule has 0 bridgehead atoms. The summed E-state index contributed by atoms with van der Waals surface area (Å²) in [6, 6.07) is 7.93. The van der Waals surface area contributed by atoms with Crippen LogP contribution in [0, 0.1) is 6.92 Å². The van der Waals surface area contributed by atoms with Gasteiger partial charge in [0.1, 0.15) is 5.65 Å². The summed E-state index contributed by atoms with van der Waals surface area (Å²) in [5.41, 5.74) is 9.52. The van der Waals surface area contributed by atoms with Gasteiger partial charge in [-0.25, -0.2) is 9.97 Å². The topological polar surface area (TPSA) is 67.6 Å². The summed E-state index contributed by atoms with van der Waals surface area (Å²) in [5, 5.41) is 1.03. The first kappa shape index (κ1) is 12.3. The van der Waals surface area contributed by atoms with E-state index in [0.29, 0.717) is 12.4 Å². The van der Waals surface area contributed by atoms with Crippen LogP contribution in [0.15, 0.2) is 34.9 Å². The molecule has 2 aromatic heterocycles.